The van der Waals surface area contributed by atoms with Crippen molar-refractivity contribution >= 4 is 17.7 Å². The fourth-order valence-corrected chi connectivity index (χ4v) is 3.05. The van der Waals surface area contributed by atoms with Crippen LogP contribution in [0.1, 0.15) is 24.2 Å². The molecule has 3 amide bonds. The largest absolute Gasteiger partial charge is 0.358 e. The molecule has 0 radical (unpaired) electrons. The second-order valence-corrected chi connectivity index (χ2v) is 7.07. The minimum atomic E-state index is -0.977. The zero-order chi connectivity index (χ0) is 20.8. The van der Waals surface area contributed by atoms with Gasteiger partial charge in [-0.3, -0.25) is 19.3 Å². The Balaban J connectivity index is 2.03. The summed E-state index contributed by atoms with van der Waals surface area (Å²) in [6.07, 6.45) is 0. The molecule has 0 bridgehead atoms. The highest BCUT2D eigenvalue weighted by Crippen LogP contribution is 2.15. The first-order chi connectivity index (χ1) is 13.2. The van der Waals surface area contributed by atoms with Gasteiger partial charge in [-0.2, -0.15) is 0 Å². The third-order valence-corrected chi connectivity index (χ3v) is 4.74. The van der Waals surface area contributed by atoms with Crippen molar-refractivity contribution in [1.29, 1.82) is 0 Å². The van der Waals surface area contributed by atoms with Gasteiger partial charge >= 0.3 is 0 Å². The molecule has 1 unspecified atom stereocenters. The van der Waals surface area contributed by atoms with Crippen LogP contribution in [0.15, 0.2) is 18.2 Å². The molecule has 1 fully saturated rings. The van der Waals surface area contributed by atoms with E-state index in [1.807, 2.05) is 4.90 Å². The standard InChI is InChI=1S/C19H26F2N4O3/c1-12(2)17(23-18(27)16-13(20)5-4-6-14(16)21)19(28)25-9-7-24(8-10-25)11-15(26)22-3/h4-6,12,17H,7-11H2,1-3H3,(H,22,26)(H,23,27). The quantitative estimate of drug-likeness (QED) is 0.738. The van der Waals surface area contributed by atoms with E-state index in [1.165, 1.54) is 6.07 Å². The van der Waals surface area contributed by atoms with Gasteiger partial charge in [0.05, 0.1) is 6.54 Å². The second-order valence-electron chi connectivity index (χ2n) is 7.07. The van der Waals surface area contributed by atoms with Crippen LogP contribution in [0.2, 0.25) is 0 Å². The molecule has 1 aromatic carbocycles. The summed E-state index contributed by atoms with van der Waals surface area (Å²) in [6, 6.07) is 2.26. The Morgan fingerprint density at radius 2 is 1.64 bits per heavy atom. The van der Waals surface area contributed by atoms with Crippen molar-refractivity contribution in [3.8, 4) is 0 Å². The number of carbonyl (C=O) groups excluding carboxylic acids is 3. The summed E-state index contributed by atoms with van der Waals surface area (Å²) in [7, 11) is 1.57. The number of nitrogens with one attached hydrogen (secondary N) is 2. The van der Waals surface area contributed by atoms with Gasteiger partial charge in [-0.25, -0.2) is 8.78 Å². The minimum Gasteiger partial charge on any atom is -0.358 e. The Hall–Kier alpha value is -2.55. The maximum absolute atomic E-state index is 13.9. The molecule has 1 atom stereocenters. The fraction of sp³-hybridized carbons (Fsp3) is 0.526. The Morgan fingerprint density at radius 3 is 2.14 bits per heavy atom. The molecule has 7 nitrogen and oxygen atoms in total. The van der Waals surface area contributed by atoms with E-state index < -0.39 is 29.1 Å². The summed E-state index contributed by atoms with van der Waals surface area (Å²) < 4.78 is 27.7. The molecular formula is C19H26F2N4O3. The molecule has 154 valence electrons. The number of piperazine rings is 1. The Bertz CT molecular complexity index is 714. The number of hydrogen-bond donors (Lipinski definition) is 2. The summed E-state index contributed by atoms with van der Waals surface area (Å²) in [6.45, 7) is 5.63. The predicted octanol–water partition coefficient (Wildman–Crippen LogP) is 0.609. The van der Waals surface area contributed by atoms with Crippen molar-refractivity contribution < 1.29 is 23.2 Å². The van der Waals surface area contributed by atoms with E-state index in [0.717, 1.165) is 12.1 Å². The summed E-state index contributed by atoms with van der Waals surface area (Å²) in [4.78, 5) is 40.3. The van der Waals surface area contributed by atoms with Gasteiger partial charge in [-0.1, -0.05) is 19.9 Å². The van der Waals surface area contributed by atoms with E-state index in [0.29, 0.717) is 26.2 Å². The highest BCUT2D eigenvalue weighted by molar-refractivity contribution is 5.98. The Morgan fingerprint density at radius 1 is 1.07 bits per heavy atom. The molecule has 1 aliphatic heterocycles. The lowest BCUT2D eigenvalue weighted by atomic mass is 10.0. The minimum absolute atomic E-state index is 0.0981. The molecule has 1 aromatic rings. The highest BCUT2D eigenvalue weighted by atomic mass is 19.1. The van der Waals surface area contributed by atoms with Crippen LogP contribution in [0.25, 0.3) is 0 Å². The van der Waals surface area contributed by atoms with Crippen LogP contribution in [0.5, 0.6) is 0 Å². The number of amides is 3. The number of nitrogens with zero attached hydrogens (tertiary/aromatic N) is 2. The summed E-state index contributed by atoms with van der Waals surface area (Å²) in [5, 5.41) is 5.03. The number of carbonyl (C=O) groups is 3. The summed E-state index contributed by atoms with van der Waals surface area (Å²) >= 11 is 0. The number of halogens is 2. The molecule has 9 heteroatoms. The summed E-state index contributed by atoms with van der Waals surface area (Å²) in [5.74, 6) is -3.58. The molecular weight excluding hydrogens is 370 g/mol. The van der Waals surface area contributed by atoms with Crippen LogP contribution in [0.4, 0.5) is 8.78 Å². The van der Waals surface area contributed by atoms with Crippen molar-refractivity contribution in [3.05, 3.63) is 35.4 Å². The monoisotopic (exact) mass is 396 g/mol. The molecule has 1 heterocycles. The van der Waals surface area contributed by atoms with Gasteiger partial charge in [0.15, 0.2) is 0 Å². The topological polar surface area (TPSA) is 81.8 Å². The second kappa shape index (κ2) is 9.59. The zero-order valence-electron chi connectivity index (χ0n) is 16.3. The Labute approximate surface area is 163 Å². The van der Waals surface area contributed by atoms with E-state index >= 15 is 0 Å². The number of hydrogen-bond acceptors (Lipinski definition) is 4. The van der Waals surface area contributed by atoms with Crippen molar-refractivity contribution in [3.63, 3.8) is 0 Å². The lowest BCUT2D eigenvalue weighted by Gasteiger charge is -2.37. The van der Waals surface area contributed by atoms with Gasteiger partial charge in [-0.15, -0.1) is 0 Å². The van der Waals surface area contributed by atoms with Crippen LogP contribution in [0.3, 0.4) is 0 Å². The Kier molecular flexibility index (Phi) is 7.45. The van der Waals surface area contributed by atoms with Crippen molar-refractivity contribution in [2.75, 3.05) is 39.8 Å². The van der Waals surface area contributed by atoms with E-state index in [-0.39, 0.29) is 24.3 Å². The molecule has 0 spiro atoms. The van der Waals surface area contributed by atoms with Crippen molar-refractivity contribution in [2.24, 2.45) is 5.92 Å². The lowest BCUT2D eigenvalue weighted by Crippen LogP contribution is -2.57. The third-order valence-electron chi connectivity index (χ3n) is 4.74. The average Bonchev–Trinajstić information content (AvgIpc) is 2.65. The number of likely N-dealkylation sites (N-methyl/N-ethyl adjacent to an activating group) is 1. The molecule has 28 heavy (non-hydrogen) atoms. The molecule has 0 aromatic heterocycles. The molecule has 1 saturated heterocycles. The molecule has 0 saturated carbocycles. The van der Waals surface area contributed by atoms with Crippen LogP contribution < -0.4 is 10.6 Å². The zero-order valence-corrected chi connectivity index (χ0v) is 16.3. The first-order valence-corrected chi connectivity index (χ1v) is 9.21. The van der Waals surface area contributed by atoms with Gasteiger partial charge in [0.2, 0.25) is 11.8 Å². The van der Waals surface area contributed by atoms with Gasteiger partial charge in [0.25, 0.3) is 5.91 Å². The SMILES string of the molecule is CNC(=O)CN1CCN(C(=O)C(NC(=O)c2c(F)cccc2F)C(C)C)CC1. The average molecular weight is 396 g/mol. The van der Waals surface area contributed by atoms with E-state index in [1.54, 1.807) is 25.8 Å². The normalized spacial score (nSPS) is 16.0. The fourth-order valence-electron chi connectivity index (χ4n) is 3.05. The van der Waals surface area contributed by atoms with E-state index in [9.17, 15) is 23.2 Å². The predicted molar refractivity (Wildman–Crippen MR) is 99.5 cm³/mol. The number of benzene rings is 1. The smallest absolute Gasteiger partial charge is 0.257 e. The molecule has 2 rings (SSSR count). The number of rotatable bonds is 6. The maximum Gasteiger partial charge on any atom is 0.257 e. The van der Waals surface area contributed by atoms with Gasteiger partial charge in [0, 0.05) is 33.2 Å². The maximum atomic E-state index is 13.9. The van der Waals surface area contributed by atoms with Crippen LogP contribution in [-0.4, -0.2) is 73.3 Å². The summed E-state index contributed by atoms with van der Waals surface area (Å²) in [5.41, 5.74) is -0.698. The van der Waals surface area contributed by atoms with Gasteiger partial charge in [0.1, 0.15) is 23.2 Å². The van der Waals surface area contributed by atoms with Crippen molar-refractivity contribution in [1.82, 2.24) is 20.4 Å². The third kappa shape index (κ3) is 5.25. The van der Waals surface area contributed by atoms with Gasteiger partial charge < -0.3 is 15.5 Å². The van der Waals surface area contributed by atoms with E-state index in [2.05, 4.69) is 10.6 Å². The van der Waals surface area contributed by atoms with Crippen LogP contribution in [-0.2, 0) is 9.59 Å². The first kappa shape index (κ1) is 21.7. The first-order valence-electron chi connectivity index (χ1n) is 9.21. The van der Waals surface area contributed by atoms with E-state index in [4.69, 9.17) is 0 Å². The highest BCUT2D eigenvalue weighted by Gasteiger charge is 2.32. The van der Waals surface area contributed by atoms with Crippen molar-refractivity contribution in [2.45, 2.75) is 19.9 Å². The molecule has 0 aliphatic carbocycles. The van der Waals surface area contributed by atoms with Crippen LogP contribution >= 0.6 is 0 Å². The molecule has 2 N–H and O–H groups in total. The van der Waals surface area contributed by atoms with Gasteiger partial charge in [-0.05, 0) is 18.1 Å². The molecule has 1 aliphatic rings. The lowest BCUT2D eigenvalue weighted by molar-refractivity contribution is -0.136. The van der Waals surface area contributed by atoms with Crippen LogP contribution in [0, 0.1) is 17.6 Å².